The van der Waals surface area contributed by atoms with Gasteiger partial charge in [-0.2, -0.15) is 0 Å². The van der Waals surface area contributed by atoms with Gasteiger partial charge in [0.05, 0.1) is 17.7 Å². The fourth-order valence-electron chi connectivity index (χ4n) is 2.25. The molecule has 5 nitrogen and oxygen atoms in total. The van der Waals surface area contributed by atoms with Crippen LogP contribution in [0.15, 0.2) is 5.51 Å². The van der Waals surface area contributed by atoms with Crippen LogP contribution in [0, 0.1) is 0 Å². The summed E-state index contributed by atoms with van der Waals surface area (Å²) in [5.74, 6) is -0.151. The van der Waals surface area contributed by atoms with Crippen LogP contribution in [0.1, 0.15) is 23.5 Å². The van der Waals surface area contributed by atoms with Crippen molar-refractivity contribution >= 4 is 28.8 Å². The van der Waals surface area contributed by atoms with Crippen molar-refractivity contribution in [2.45, 2.75) is 26.1 Å². The molecule has 0 radical (unpaired) electrons. The van der Waals surface area contributed by atoms with Crippen LogP contribution in [0.5, 0.6) is 0 Å². The van der Waals surface area contributed by atoms with Gasteiger partial charge in [-0.15, -0.1) is 11.3 Å². The van der Waals surface area contributed by atoms with Crippen LogP contribution in [0.25, 0.3) is 0 Å². The molecule has 2 rings (SSSR count). The number of aromatic nitrogens is 1. The highest BCUT2D eigenvalue weighted by Gasteiger charge is 2.22. The smallest absolute Gasteiger partial charge is 0.264 e. The van der Waals surface area contributed by atoms with Crippen LogP contribution in [0.4, 0.5) is 0 Å². The highest BCUT2D eigenvalue weighted by Crippen LogP contribution is 2.17. The molecule has 1 aromatic rings. The van der Waals surface area contributed by atoms with E-state index in [2.05, 4.69) is 29.0 Å². The molecule has 1 fully saturated rings. The van der Waals surface area contributed by atoms with E-state index in [1.807, 2.05) is 0 Å². The quantitative estimate of drug-likeness (QED) is 0.919. The van der Waals surface area contributed by atoms with E-state index in [-0.39, 0.29) is 23.3 Å². The van der Waals surface area contributed by atoms with Crippen molar-refractivity contribution < 1.29 is 9.53 Å². The van der Waals surface area contributed by atoms with Gasteiger partial charge in [-0.25, -0.2) is 4.98 Å². The summed E-state index contributed by atoms with van der Waals surface area (Å²) >= 11 is 7.07. The lowest BCUT2D eigenvalue weighted by Gasteiger charge is -2.35. The number of morpholine rings is 1. The maximum Gasteiger partial charge on any atom is 0.264 e. The first-order valence-electron chi connectivity index (χ1n) is 6.31. The SMILES string of the molecule is CC1CN(CCNC(=O)c2scnc2Cl)CC(C)O1. The van der Waals surface area contributed by atoms with Gasteiger partial charge in [0.2, 0.25) is 0 Å². The molecule has 0 aliphatic carbocycles. The van der Waals surface area contributed by atoms with Crippen LogP contribution in [0.3, 0.4) is 0 Å². The van der Waals surface area contributed by atoms with Gasteiger partial charge in [0.1, 0.15) is 4.88 Å². The third kappa shape index (κ3) is 4.14. The predicted molar refractivity (Wildman–Crippen MR) is 75.9 cm³/mol. The molecule has 2 heterocycles. The zero-order valence-corrected chi connectivity index (χ0v) is 12.6. The average molecular weight is 304 g/mol. The van der Waals surface area contributed by atoms with Crippen molar-refractivity contribution in [1.29, 1.82) is 0 Å². The molecule has 19 heavy (non-hydrogen) atoms. The molecule has 0 bridgehead atoms. The summed E-state index contributed by atoms with van der Waals surface area (Å²) in [7, 11) is 0. The van der Waals surface area contributed by atoms with E-state index in [1.54, 1.807) is 5.51 Å². The number of nitrogens with one attached hydrogen (secondary N) is 1. The maximum absolute atomic E-state index is 11.8. The number of hydrogen-bond acceptors (Lipinski definition) is 5. The van der Waals surface area contributed by atoms with Gasteiger partial charge in [-0.3, -0.25) is 9.69 Å². The summed E-state index contributed by atoms with van der Waals surface area (Å²) in [6.07, 6.45) is 0.491. The van der Waals surface area contributed by atoms with Crippen LogP contribution in [-0.4, -0.2) is 54.2 Å². The number of halogens is 1. The minimum absolute atomic E-state index is 0.151. The number of carbonyl (C=O) groups is 1. The molecular formula is C12H18ClN3O2S. The monoisotopic (exact) mass is 303 g/mol. The van der Waals surface area contributed by atoms with Crippen molar-refractivity contribution in [3.8, 4) is 0 Å². The predicted octanol–water partition coefficient (Wildman–Crippen LogP) is 1.64. The molecule has 1 aliphatic rings. The van der Waals surface area contributed by atoms with Gasteiger partial charge in [0.15, 0.2) is 5.15 Å². The highest BCUT2D eigenvalue weighted by atomic mass is 35.5. The molecule has 1 aromatic heterocycles. The Bertz CT molecular complexity index is 430. The summed E-state index contributed by atoms with van der Waals surface area (Å²) in [6, 6.07) is 0. The molecule has 1 amide bonds. The zero-order chi connectivity index (χ0) is 13.8. The van der Waals surface area contributed by atoms with Crippen molar-refractivity contribution in [2.75, 3.05) is 26.2 Å². The molecule has 1 saturated heterocycles. The van der Waals surface area contributed by atoms with Gasteiger partial charge in [0, 0.05) is 26.2 Å². The standard InChI is InChI=1S/C12H18ClN3O2S/c1-8-5-16(6-9(2)18-8)4-3-14-12(17)10-11(13)15-7-19-10/h7-9H,3-6H2,1-2H3,(H,14,17). The molecule has 0 spiro atoms. The van der Waals surface area contributed by atoms with Crippen molar-refractivity contribution in [3.63, 3.8) is 0 Å². The molecule has 1 N–H and O–H groups in total. The average Bonchev–Trinajstić information content (AvgIpc) is 2.74. The van der Waals surface area contributed by atoms with Crippen molar-refractivity contribution in [3.05, 3.63) is 15.5 Å². The molecule has 0 saturated carbocycles. The van der Waals surface area contributed by atoms with E-state index in [0.29, 0.717) is 11.4 Å². The van der Waals surface area contributed by atoms with Gasteiger partial charge < -0.3 is 10.1 Å². The Morgan fingerprint density at radius 1 is 1.58 bits per heavy atom. The second kappa shape index (κ2) is 6.65. The Labute approximate surface area is 121 Å². The van der Waals surface area contributed by atoms with Crippen LogP contribution in [-0.2, 0) is 4.74 Å². The first-order chi connectivity index (χ1) is 9.06. The lowest BCUT2D eigenvalue weighted by atomic mass is 10.2. The third-order valence-electron chi connectivity index (χ3n) is 2.94. The molecule has 0 aromatic carbocycles. The molecule has 2 unspecified atom stereocenters. The molecule has 1 aliphatic heterocycles. The lowest BCUT2D eigenvalue weighted by Crippen LogP contribution is -2.47. The van der Waals surface area contributed by atoms with Crippen LogP contribution >= 0.6 is 22.9 Å². The molecule has 106 valence electrons. The maximum atomic E-state index is 11.8. The highest BCUT2D eigenvalue weighted by molar-refractivity contribution is 7.12. The molecular weight excluding hydrogens is 286 g/mol. The van der Waals surface area contributed by atoms with E-state index >= 15 is 0 Å². The number of rotatable bonds is 4. The third-order valence-corrected chi connectivity index (χ3v) is 4.16. The molecule has 7 heteroatoms. The summed E-state index contributed by atoms with van der Waals surface area (Å²) < 4.78 is 5.67. The minimum atomic E-state index is -0.151. The number of hydrogen-bond donors (Lipinski definition) is 1. The van der Waals surface area contributed by atoms with E-state index in [4.69, 9.17) is 16.3 Å². The van der Waals surface area contributed by atoms with Gasteiger partial charge in [-0.1, -0.05) is 11.6 Å². The number of carbonyl (C=O) groups excluding carboxylic acids is 1. The second-order valence-corrected chi connectivity index (χ2v) is 5.96. The second-order valence-electron chi connectivity index (χ2n) is 4.75. The number of amides is 1. The van der Waals surface area contributed by atoms with E-state index in [0.717, 1.165) is 19.6 Å². The van der Waals surface area contributed by atoms with Gasteiger partial charge in [-0.05, 0) is 13.8 Å². The fraction of sp³-hybridized carbons (Fsp3) is 0.667. The Kier molecular flexibility index (Phi) is 5.15. The van der Waals surface area contributed by atoms with Crippen molar-refractivity contribution in [2.24, 2.45) is 0 Å². The van der Waals surface area contributed by atoms with Gasteiger partial charge in [0.25, 0.3) is 5.91 Å². The summed E-state index contributed by atoms with van der Waals surface area (Å²) in [5.41, 5.74) is 1.57. The van der Waals surface area contributed by atoms with E-state index in [1.165, 1.54) is 11.3 Å². The van der Waals surface area contributed by atoms with Gasteiger partial charge >= 0.3 is 0 Å². The van der Waals surface area contributed by atoms with Crippen LogP contribution < -0.4 is 5.32 Å². The summed E-state index contributed by atoms with van der Waals surface area (Å²) in [6.45, 7) is 7.37. The Morgan fingerprint density at radius 2 is 2.26 bits per heavy atom. The Hall–Kier alpha value is -0.690. The first-order valence-corrected chi connectivity index (χ1v) is 7.57. The number of ether oxygens (including phenoxy) is 1. The Balaban J connectivity index is 1.75. The number of nitrogens with zero attached hydrogens (tertiary/aromatic N) is 2. The fourth-order valence-corrected chi connectivity index (χ4v) is 3.17. The van der Waals surface area contributed by atoms with E-state index < -0.39 is 0 Å². The van der Waals surface area contributed by atoms with Crippen molar-refractivity contribution in [1.82, 2.24) is 15.2 Å². The minimum Gasteiger partial charge on any atom is -0.373 e. The zero-order valence-electron chi connectivity index (χ0n) is 11.1. The normalized spacial score (nSPS) is 24.4. The summed E-state index contributed by atoms with van der Waals surface area (Å²) in [4.78, 5) is 18.5. The summed E-state index contributed by atoms with van der Waals surface area (Å²) in [5, 5.41) is 3.14. The largest absolute Gasteiger partial charge is 0.373 e. The topological polar surface area (TPSA) is 54.5 Å². The van der Waals surface area contributed by atoms with Crippen LogP contribution in [0.2, 0.25) is 5.15 Å². The Morgan fingerprint density at radius 3 is 2.84 bits per heavy atom. The lowest BCUT2D eigenvalue weighted by molar-refractivity contribution is -0.0672. The van der Waals surface area contributed by atoms with E-state index in [9.17, 15) is 4.79 Å². The number of thiazole rings is 1. The first kappa shape index (κ1) is 14.7. The molecule has 2 atom stereocenters.